The highest BCUT2D eigenvalue weighted by Crippen LogP contribution is 2.36. The van der Waals surface area contributed by atoms with Crippen molar-refractivity contribution >= 4 is 17.7 Å². The molecule has 0 radical (unpaired) electrons. The van der Waals surface area contributed by atoms with Crippen LogP contribution in [0, 0.1) is 5.92 Å². The average Bonchev–Trinajstić information content (AvgIpc) is 2.87. The van der Waals surface area contributed by atoms with Gasteiger partial charge in [0.25, 0.3) is 0 Å². The molecule has 19 heavy (non-hydrogen) atoms. The van der Waals surface area contributed by atoms with E-state index in [-0.39, 0.29) is 17.8 Å². The number of aliphatic hydroxyl groups excluding tert-OH is 1. The molecule has 1 aromatic rings. The number of amides is 1. The smallest absolute Gasteiger partial charge is 0.233 e. The van der Waals surface area contributed by atoms with Crippen molar-refractivity contribution in [3.05, 3.63) is 29.8 Å². The molecule has 4 heteroatoms. The number of carbonyl (C=O) groups excluding carboxylic acids is 1. The molecule has 0 fully saturated rings. The van der Waals surface area contributed by atoms with Crippen molar-refractivity contribution in [1.82, 2.24) is 5.32 Å². The van der Waals surface area contributed by atoms with Crippen LogP contribution in [0.1, 0.15) is 25.3 Å². The standard InChI is InChI=1S/C15H21NO2S/c1-11(10-17)5-4-8-16-15(18)14-9-12-6-2-3-7-13(12)19-14/h2-3,6-7,11,14,17H,4-5,8-10H2,1H3,(H,16,18). The molecule has 0 saturated heterocycles. The highest BCUT2D eigenvalue weighted by Gasteiger charge is 2.27. The molecule has 0 aliphatic carbocycles. The number of hydrogen-bond donors (Lipinski definition) is 2. The Morgan fingerprint density at radius 1 is 1.53 bits per heavy atom. The molecule has 0 saturated carbocycles. The Balaban J connectivity index is 1.71. The molecule has 1 aromatic carbocycles. The van der Waals surface area contributed by atoms with E-state index >= 15 is 0 Å². The maximum absolute atomic E-state index is 12.0. The quantitative estimate of drug-likeness (QED) is 0.785. The van der Waals surface area contributed by atoms with Crippen molar-refractivity contribution in [2.45, 2.75) is 36.3 Å². The van der Waals surface area contributed by atoms with E-state index in [0.29, 0.717) is 12.5 Å². The van der Waals surface area contributed by atoms with E-state index in [4.69, 9.17) is 5.11 Å². The van der Waals surface area contributed by atoms with Crippen LogP contribution in [-0.2, 0) is 11.2 Å². The van der Waals surface area contributed by atoms with Crippen LogP contribution < -0.4 is 5.32 Å². The minimum Gasteiger partial charge on any atom is -0.396 e. The van der Waals surface area contributed by atoms with Crippen LogP contribution in [0.4, 0.5) is 0 Å². The van der Waals surface area contributed by atoms with Gasteiger partial charge in [0.15, 0.2) is 0 Å². The van der Waals surface area contributed by atoms with E-state index < -0.39 is 0 Å². The molecule has 0 bridgehead atoms. The molecule has 2 unspecified atom stereocenters. The van der Waals surface area contributed by atoms with Crippen molar-refractivity contribution in [3.8, 4) is 0 Å². The lowest BCUT2D eigenvalue weighted by molar-refractivity contribution is -0.120. The summed E-state index contributed by atoms with van der Waals surface area (Å²) in [7, 11) is 0. The Hall–Kier alpha value is -1.00. The zero-order valence-electron chi connectivity index (χ0n) is 11.3. The number of hydrogen-bond acceptors (Lipinski definition) is 3. The van der Waals surface area contributed by atoms with Crippen molar-refractivity contribution in [2.24, 2.45) is 5.92 Å². The fraction of sp³-hybridized carbons (Fsp3) is 0.533. The van der Waals surface area contributed by atoms with Crippen molar-refractivity contribution in [3.63, 3.8) is 0 Å². The second-order valence-electron chi connectivity index (χ2n) is 5.14. The molecule has 104 valence electrons. The normalized spacial score (nSPS) is 18.9. The van der Waals surface area contributed by atoms with Crippen molar-refractivity contribution in [2.75, 3.05) is 13.2 Å². The monoisotopic (exact) mass is 279 g/mol. The number of carbonyl (C=O) groups is 1. The first-order chi connectivity index (χ1) is 9.20. The van der Waals surface area contributed by atoms with Gasteiger partial charge < -0.3 is 10.4 Å². The first kappa shape index (κ1) is 14.4. The zero-order valence-corrected chi connectivity index (χ0v) is 12.1. The minimum atomic E-state index is 0.0210. The second kappa shape index (κ2) is 6.96. The molecule has 3 nitrogen and oxygen atoms in total. The second-order valence-corrected chi connectivity index (χ2v) is 6.38. The lowest BCUT2D eigenvalue weighted by Crippen LogP contribution is -2.33. The molecule has 0 aromatic heterocycles. The average molecular weight is 279 g/mol. The van der Waals surface area contributed by atoms with E-state index in [1.165, 1.54) is 10.5 Å². The molecule has 1 amide bonds. The van der Waals surface area contributed by atoms with Gasteiger partial charge in [0.1, 0.15) is 0 Å². The third-order valence-electron chi connectivity index (χ3n) is 3.42. The maximum Gasteiger partial charge on any atom is 0.233 e. The van der Waals surface area contributed by atoms with Gasteiger partial charge in [-0.1, -0.05) is 25.1 Å². The molecule has 1 aliphatic heterocycles. The Bertz CT molecular complexity index is 411. The van der Waals surface area contributed by atoms with E-state index in [1.807, 2.05) is 19.1 Å². The molecular formula is C15H21NO2S. The van der Waals surface area contributed by atoms with Gasteiger partial charge in [0.05, 0.1) is 5.25 Å². The predicted octanol–water partition coefficient (Wildman–Crippen LogP) is 2.23. The third-order valence-corrected chi connectivity index (χ3v) is 4.74. The number of fused-ring (bicyclic) bond motifs is 1. The molecule has 2 atom stereocenters. The summed E-state index contributed by atoms with van der Waals surface area (Å²) in [5, 5.41) is 11.9. The van der Waals surface area contributed by atoms with Gasteiger partial charge in [-0.3, -0.25) is 4.79 Å². The van der Waals surface area contributed by atoms with E-state index in [0.717, 1.165) is 19.3 Å². The fourth-order valence-electron chi connectivity index (χ4n) is 2.20. The van der Waals surface area contributed by atoms with Crippen LogP contribution in [0.5, 0.6) is 0 Å². The summed E-state index contributed by atoms with van der Waals surface area (Å²) in [6.07, 6.45) is 2.71. The van der Waals surface area contributed by atoms with Gasteiger partial charge in [-0.15, -0.1) is 11.8 Å². The Morgan fingerprint density at radius 3 is 3.05 bits per heavy atom. The lowest BCUT2D eigenvalue weighted by Gasteiger charge is -2.11. The van der Waals surface area contributed by atoms with Crippen molar-refractivity contribution in [1.29, 1.82) is 0 Å². The summed E-state index contributed by atoms with van der Waals surface area (Å²) in [5.74, 6) is 0.458. The fourth-order valence-corrected chi connectivity index (χ4v) is 3.42. The molecule has 2 rings (SSSR count). The van der Waals surface area contributed by atoms with E-state index in [2.05, 4.69) is 17.4 Å². The highest BCUT2D eigenvalue weighted by molar-refractivity contribution is 8.01. The van der Waals surface area contributed by atoms with Crippen molar-refractivity contribution < 1.29 is 9.90 Å². The first-order valence-corrected chi connectivity index (χ1v) is 7.72. The maximum atomic E-state index is 12.0. The van der Waals surface area contributed by atoms with Gasteiger partial charge in [-0.2, -0.15) is 0 Å². The summed E-state index contributed by atoms with van der Waals surface area (Å²) in [6, 6.07) is 8.22. The Labute approximate surface area is 118 Å². The molecular weight excluding hydrogens is 258 g/mol. The summed E-state index contributed by atoms with van der Waals surface area (Å²) in [6.45, 7) is 2.95. The number of aliphatic hydroxyl groups is 1. The van der Waals surface area contributed by atoms with Gasteiger partial charge in [-0.05, 0) is 36.8 Å². The molecule has 1 aliphatic rings. The number of thioether (sulfide) groups is 1. The van der Waals surface area contributed by atoms with Gasteiger partial charge in [0, 0.05) is 18.0 Å². The Kier molecular flexibility index (Phi) is 5.28. The summed E-state index contributed by atoms with van der Waals surface area (Å²) in [5.41, 5.74) is 1.28. The van der Waals surface area contributed by atoms with E-state index in [1.54, 1.807) is 11.8 Å². The van der Waals surface area contributed by atoms with E-state index in [9.17, 15) is 4.79 Å². The first-order valence-electron chi connectivity index (χ1n) is 6.84. The van der Waals surface area contributed by atoms with Crippen LogP contribution in [-0.4, -0.2) is 29.4 Å². The minimum absolute atomic E-state index is 0.0210. The zero-order chi connectivity index (χ0) is 13.7. The van der Waals surface area contributed by atoms with Crippen LogP contribution in [0.2, 0.25) is 0 Å². The van der Waals surface area contributed by atoms with Crippen LogP contribution >= 0.6 is 11.8 Å². The lowest BCUT2D eigenvalue weighted by atomic mass is 10.1. The molecule has 0 spiro atoms. The molecule has 1 heterocycles. The van der Waals surface area contributed by atoms with Gasteiger partial charge >= 0.3 is 0 Å². The van der Waals surface area contributed by atoms with Crippen LogP contribution in [0.3, 0.4) is 0 Å². The number of benzene rings is 1. The third kappa shape index (κ3) is 3.98. The highest BCUT2D eigenvalue weighted by atomic mass is 32.2. The number of nitrogens with one attached hydrogen (secondary N) is 1. The van der Waals surface area contributed by atoms with Crippen LogP contribution in [0.15, 0.2) is 29.2 Å². The topological polar surface area (TPSA) is 49.3 Å². The largest absolute Gasteiger partial charge is 0.396 e. The molecule has 2 N–H and O–H groups in total. The SMILES string of the molecule is CC(CO)CCCNC(=O)C1Cc2ccccc2S1. The predicted molar refractivity (Wildman–Crippen MR) is 78.3 cm³/mol. The van der Waals surface area contributed by atoms with Gasteiger partial charge in [0.2, 0.25) is 5.91 Å². The van der Waals surface area contributed by atoms with Crippen LogP contribution in [0.25, 0.3) is 0 Å². The summed E-state index contributed by atoms with van der Waals surface area (Å²) in [4.78, 5) is 13.3. The number of rotatable bonds is 6. The summed E-state index contributed by atoms with van der Waals surface area (Å²) < 4.78 is 0. The van der Waals surface area contributed by atoms with Gasteiger partial charge in [-0.25, -0.2) is 0 Å². The summed E-state index contributed by atoms with van der Waals surface area (Å²) >= 11 is 1.66. The Morgan fingerprint density at radius 2 is 2.32 bits per heavy atom.